The number of hydrogen-bond donors (Lipinski definition) is 2. The molecule has 0 saturated heterocycles. The van der Waals surface area contributed by atoms with E-state index in [0.717, 1.165) is 25.0 Å². The van der Waals surface area contributed by atoms with E-state index in [1.807, 2.05) is 6.92 Å². The van der Waals surface area contributed by atoms with Gasteiger partial charge in [0.15, 0.2) is 0 Å². The minimum Gasteiger partial charge on any atom is -0.481 e. The minimum absolute atomic E-state index is 0.00481. The minimum atomic E-state index is -8.68. The van der Waals surface area contributed by atoms with Crippen LogP contribution >= 0.6 is 0 Å². The van der Waals surface area contributed by atoms with Gasteiger partial charge in [-0.25, -0.2) is 4.79 Å². The van der Waals surface area contributed by atoms with Gasteiger partial charge in [-0.05, 0) is 32.1 Å². The summed E-state index contributed by atoms with van der Waals surface area (Å²) in [4.78, 5) is 33.3. The van der Waals surface area contributed by atoms with Gasteiger partial charge >= 0.3 is 65.5 Å². The van der Waals surface area contributed by atoms with E-state index in [1.165, 1.54) is 0 Å². The Morgan fingerprint density at radius 2 is 0.982 bits per heavy atom. The topological polar surface area (TPSA) is 101 Å². The van der Waals surface area contributed by atoms with Crippen molar-refractivity contribution < 1.29 is 104 Å². The molecule has 2 N–H and O–H groups in total. The van der Waals surface area contributed by atoms with E-state index in [-0.39, 0.29) is 32.1 Å². The normalized spacial score (nSPS) is 15.2. The van der Waals surface area contributed by atoms with E-state index >= 15 is 8.78 Å². The Morgan fingerprint density at radius 3 is 1.45 bits per heavy atom. The quantitative estimate of drug-likeness (QED) is 0.0336. The predicted octanol–water partition coefficient (Wildman–Crippen LogP) is 11.9. The Morgan fingerprint density at radius 1 is 0.554 bits per heavy atom. The average molecular weight is 859 g/mol. The summed E-state index contributed by atoms with van der Waals surface area (Å²) in [5.41, 5.74) is 0. The van der Waals surface area contributed by atoms with Crippen LogP contribution in [0.2, 0.25) is 0 Å². The first kappa shape index (κ1) is 53.0. The van der Waals surface area contributed by atoms with Crippen LogP contribution in [0.1, 0.15) is 116 Å². The predicted molar refractivity (Wildman–Crippen MR) is 163 cm³/mol. The molecule has 0 aromatic carbocycles. The lowest BCUT2D eigenvalue weighted by atomic mass is 9.82. The zero-order valence-electron chi connectivity index (χ0n) is 29.8. The maximum atomic E-state index is 15.2. The third kappa shape index (κ3) is 12.7. The summed E-state index contributed by atoms with van der Waals surface area (Å²) in [5, 5.41) is 17.5. The van der Waals surface area contributed by atoms with Crippen LogP contribution in [-0.4, -0.2) is 81.9 Å². The Bertz CT molecular complexity index is 1270. The van der Waals surface area contributed by atoms with E-state index in [0.29, 0.717) is 38.5 Å². The van der Waals surface area contributed by atoms with E-state index in [2.05, 4.69) is 4.74 Å². The summed E-state index contributed by atoms with van der Waals surface area (Å²) in [7, 11) is 0. The zero-order chi connectivity index (χ0) is 44.0. The van der Waals surface area contributed by atoms with Crippen LogP contribution in [0.4, 0.5) is 74.6 Å². The molecule has 0 amide bonds. The van der Waals surface area contributed by atoms with Gasteiger partial charge in [-0.15, -0.1) is 0 Å². The number of hydrogen-bond acceptors (Lipinski definition) is 4. The van der Waals surface area contributed by atoms with Crippen LogP contribution in [0.5, 0.6) is 0 Å². The second-order valence-corrected chi connectivity index (χ2v) is 13.1. The van der Waals surface area contributed by atoms with Crippen LogP contribution in [0.25, 0.3) is 0 Å². The Kier molecular flexibility index (Phi) is 20.0. The molecule has 0 bridgehead atoms. The van der Waals surface area contributed by atoms with Gasteiger partial charge in [-0.1, -0.05) is 83.3 Å². The second kappa shape index (κ2) is 21.1. The van der Waals surface area contributed by atoms with Gasteiger partial charge in [0.1, 0.15) is 0 Å². The number of alkyl halides is 17. The lowest BCUT2D eigenvalue weighted by Crippen LogP contribution is -2.74. The number of carbonyl (C=O) groups is 3. The van der Waals surface area contributed by atoms with Crippen LogP contribution in [0, 0.1) is 5.92 Å². The molecule has 330 valence electrons. The molecule has 0 fully saturated rings. The highest BCUT2D eigenvalue weighted by atomic mass is 19.4. The van der Waals surface area contributed by atoms with Gasteiger partial charge < -0.3 is 14.9 Å². The third-order valence-electron chi connectivity index (χ3n) is 8.66. The fourth-order valence-corrected chi connectivity index (χ4v) is 5.22. The maximum absolute atomic E-state index is 15.2. The van der Waals surface area contributed by atoms with Crippen LogP contribution in [-0.2, 0) is 19.1 Å². The summed E-state index contributed by atoms with van der Waals surface area (Å²) in [6, 6.07) is 0. The number of halogens is 17. The van der Waals surface area contributed by atoms with Gasteiger partial charge in [0, 0.05) is 12.3 Å². The average Bonchev–Trinajstić information content (AvgIpc) is 3.05. The molecule has 0 rings (SSSR count). The first-order chi connectivity index (χ1) is 25.3. The standard InChI is InChI=1S/C33H43F17O6/c1-2-3-4-5-8-11-14-17-21(18-15-12-9-6-7-10-13-16-19-24(53)56-22(25(54)55)20-23(51)52)26(34,35)27(36,37)28(38,39)29(40,41)30(42,43)31(44,45)32(46,47)33(48,49)50/h12,15,21-22H,2-11,13-14,16-20H2,1H3,(H,51,52)(H,54,55). The molecule has 0 aliphatic rings. The summed E-state index contributed by atoms with van der Waals surface area (Å²) in [5.74, 6) is -63.9. The molecule has 6 nitrogen and oxygen atoms in total. The molecule has 0 aromatic rings. The van der Waals surface area contributed by atoms with E-state index in [4.69, 9.17) is 10.2 Å². The van der Waals surface area contributed by atoms with Gasteiger partial charge in [0.05, 0.1) is 6.42 Å². The van der Waals surface area contributed by atoms with Crippen molar-refractivity contribution in [1.29, 1.82) is 0 Å². The number of carboxylic acid groups (broad SMARTS) is 2. The summed E-state index contributed by atoms with van der Waals surface area (Å²) >= 11 is 0. The van der Waals surface area contributed by atoms with Gasteiger partial charge in [-0.3, -0.25) is 9.59 Å². The highest BCUT2D eigenvalue weighted by Crippen LogP contribution is 2.65. The Balaban J connectivity index is 5.86. The third-order valence-corrected chi connectivity index (χ3v) is 8.66. The van der Waals surface area contributed by atoms with Crippen molar-refractivity contribution in [2.75, 3.05) is 0 Å². The molecule has 0 saturated carbocycles. The van der Waals surface area contributed by atoms with Crippen LogP contribution < -0.4 is 0 Å². The molecule has 0 spiro atoms. The molecule has 23 heteroatoms. The highest BCUT2D eigenvalue weighted by Gasteiger charge is 2.95. The zero-order valence-corrected chi connectivity index (χ0v) is 29.8. The van der Waals surface area contributed by atoms with Gasteiger partial charge in [-0.2, -0.15) is 74.6 Å². The highest BCUT2D eigenvalue weighted by molar-refractivity contribution is 5.82. The first-order valence-electron chi connectivity index (χ1n) is 17.3. The number of carbonyl (C=O) groups excluding carboxylic acids is 1. The summed E-state index contributed by atoms with van der Waals surface area (Å²) in [6.07, 6.45) is -7.66. The molecular formula is C33H43F17O6. The molecular weight excluding hydrogens is 815 g/mol. The van der Waals surface area contributed by atoms with Crippen molar-refractivity contribution in [3.05, 3.63) is 12.2 Å². The van der Waals surface area contributed by atoms with Crippen molar-refractivity contribution in [3.63, 3.8) is 0 Å². The number of aliphatic carboxylic acids is 2. The fraction of sp³-hybridized carbons (Fsp3) is 0.848. The molecule has 0 radical (unpaired) electrons. The molecule has 2 unspecified atom stereocenters. The Hall–Kier alpha value is -3.04. The van der Waals surface area contributed by atoms with Crippen LogP contribution in [0.3, 0.4) is 0 Å². The van der Waals surface area contributed by atoms with Gasteiger partial charge in [0.25, 0.3) is 0 Å². The van der Waals surface area contributed by atoms with Gasteiger partial charge in [0.2, 0.25) is 6.10 Å². The summed E-state index contributed by atoms with van der Waals surface area (Å²) < 4.78 is 241. The number of allylic oxidation sites excluding steroid dienone is 2. The smallest absolute Gasteiger partial charge is 0.460 e. The molecule has 0 heterocycles. The molecule has 0 aliphatic heterocycles. The number of esters is 1. The molecule has 0 aromatic heterocycles. The fourth-order valence-electron chi connectivity index (χ4n) is 5.22. The van der Waals surface area contributed by atoms with Crippen molar-refractivity contribution in [2.24, 2.45) is 5.92 Å². The maximum Gasteiger partial charge on any atom is 0.460 e. The summed E-state index contributed by atoms with van der Waals surface area (Å²) in [6.45, 7) is 1.84. The largest absolute Gasteiger partial charge is 0.481 e. The van der Waals surface area contributed by atoms with Crippen molar-refractivity contribution in [2.45, 2.75) is 170 Å². The van der Waals surface area contributed by atoms with E-state index < -0.39 is 103 Å². The lowest BCUT2D eigenvalue weighted by molar-refractivity contribution is -0.463. The molecule has 2 atom stereocenters. The molecule has 0 aliphatic carbocycles. The van der Waals surface area contributed by atoms with Crippen LogP contribution in [0.15, 0.2) is 12.2 Å². The Labute approximate surface area is 310 Å². The van der Waals surface area contributed by atoms with E-state index in [1.54, 1.807) is 0 Å². The second-order valence-electron chi connectivity index (χ2n) is 13.1. The van der Waals surface area contributed by atoms with Crippen molar-refractivity contribution in [3.8, 4) is 0 Å². The monoisotopic (exact) mass is 858 g/mol. The number of ether oxygens (including phenoxy) is 1. The number of unbranched alkanes of at least 4 members (excludes halogenated alkanes) is 11. The number of carboxylic acids is 2. The molecule has 56 heavy (non-hydrogen) atoms. The van der Waals surface area contributed by atoms with Crippen molar-refractivity contribution >= 4 is 17.9 Å². The first-order valence-corrected chi connectivity index (χ1v) is 17.3. The van der Waals surface area contributed by atoms with E-state index in [9.17, 15) is 80.2 Å². The van der Waals surface area contributed by atoms with Crippen molar-refractivity contribution in [1.82, 2.24) is 0 Å². The number of rotatable bonds is 29. The lowest BCUT2D eigenvalue weighted by Gasteiger charge is -2.44. The SMILES string of the molecule is CCCCCCCCCC(CC=CCCCCCCCC(=O)OC(CC(=O)O)C(=O)O)C(F)(F)C(F)(F)C(F)(F)C(F)(F)C(F)(F)C(F)(F)C(F)(F)C(F)(F)F.